The summed E-state index contributed by atoms with van der Waals surface area (Å²) in [5.74, 6) is 1.91. The second-order valence-electron chi connectivity index (χ2n) is 6.39. The number of hydrogen-bond donors (Lipinski definition) is 1. The number of nitrogens with zero attached hydrogens (tertiary/aromatic N) is 4. The number of nitrogens with one attached hydrogen (secondary N) is 1. The first-order valence-corrected chi connectivity index (χ1v) is 9.40. The van der Waals surface area contributed by atoms with Crippen molar-refractivity contribution in [3.63, 3.8) is 0 Å². The van der Waals surface area contributed by atoms with Gasteiger partial charge in [0.2, 0.25) is 5.91 Å². The monoisotopic (exact) mass is 371 g/mol. The number of anilines is 1. The molecule has 8 heteroatoms. The molecule has 136 valence electrons. The normalized spacial score (nSPS) is 14.5. The van der Waals surface area contributed by atoms with Crippen molar-refractivity contribution in [2.45, 2.75) is 13.5 Å². The van der Waals surface area contributed by atoms with Crippen molar-refractivity contribution in [3.05, 3.63) is 36.4 Å². The number of rotatable bonds is 6. The van der Waals surface area contributed by atoms with Crippen LogP contribution in [0.15, 0.2) is 30.6 Å². The number of benzene rings is 1. The molecule has 2 aromatic heterocycles. The SMILES string of the molecule is COc1ccc2sc(N3CC(C(=O)NCCn4ccnc4C)C3)nc2c1. The van der Waals surface area contributed by atoms with Crippen molar-refractivity contribution in [3.8, 4) is 5.75 Å². The molecule has 3 aromatic rings. The first kappa shape index (κ1) is 16.8. The molecule has 0 spiro atoms. The fourth-order valence-electron chi connectivity index (χ4n) is 3.04. The van der Waals surface area contributed by atoms with E-state index in [9.17, 15) is 4.79 Å². The van der Waals surface area contributed by atoms with Crippen LogP contribution in [0.25, 0.3) is 10.2 Å². The highest BCUT2D eigenvalue weighted by molar-refractivity contribution is 7.22. The number of hydrogen-bond acceptors (Lipinski definition) is 6. The summed E-state index contributed by atoms with van der Waals surface area (Å²) in [7, 11) is 1.65. The summed E-state index contributed by atoms with van der Waals surface area (Å²) in [4.78, 5) is 23.3. The molecule has 1 aliphatic rings. The largest absolute Gasteiger partial charge is 0.497 e. The van der Waals surface area contributed by atoms with Gasteiger partial charge in [0.05, 0.1) is 23.2 Å². The van der Waals surface area contributed by atoms with E-state index in [1.807, 2.05) is 35.9 Å². The van der Waals surface area contributed by atoms with E-state index in [0.717, 1.165) is 33.5 Å². The third-order valence-electron chi connectivity index (χ3n) is 4.68. The molecule has 0 atom stereocenters. The Hall–Kier alpha value is -2.61. The van der Waals surface area contributed by atoms with Gasteiger partial charge in [-0.3, -0.25) is 4.79 Å². The Balaban J connectivity index is 1.29. The zero-order chi connectivity index (χ0) is 18.1. The standard InChI is InChI=1S/C18H21N5O2S/c1-12-19-5-7-22(12)8-6-20-17(24)13-10-23(11-13)18-21-15-9-14(25-2)3-4-16(15)26-18/h3-5,7,9,13H,6,8,10-11H2,1-2H3,(H,20,24). The average molecular weight is 371 g/mol. The highest BCUT2D eigenvalue weighted by atomic mass is 32.1. The van der Waals surface area contributed by atoms with E-state index >= 15 is 0 Å². The number of ether oxygens (including phenoxy) is 1. The van der Waals surface area contributed by atoms with Crippen LogP contribution in [0.3, 0.4) is 0 Å². The maximum absolute atomic E-state index is 12.3. The van der Waals surface area contributed by atoms with Crippen molar-refractivity contribution in [1.82, 2.24) is 19.9 Å². The summed E-state index contributed by atoms with van der Waals surface area (Å²) in [6, 6.07) is 5.91. The van der Waals surface area contributed by atoms with Gasteiger partial charge in [0.25, 0.3) is 0 Å². The Kier molecular flexibility index (Phi) is 4.50. The average Bonchev–Trinajstić information content (AvgIpc) is 3.19. The predicted molar refractivity (Wildman–Crippen MR) is 102 cm³/mol. The number of imidazole rings is 1. The van der Waals surface area contributed by atoms with Crippen LogP contribution in [0.4, 0.5) is 5.13 Å². The summed E-state index contributed by atoms with van der Waals surface area (Å²) >= 11 is 1.65. The quantitative estimate of drug-likeness (QED) is 0.718. The molecule has 26 heavy (non-hydrogen) atoms. The van der Waals surface area contributed by atoms with E-state index in [4.69, 9.17) is 4.74 Å². The van der Waals surface area contributed by atoms with Gasteiger partial charge in [0.1, 0.15) is 11.6 Å². The third kappa shape index (κ3) is 3.24. The molecule has 1 fully saturated rings. The van der Waals surface area contributed by atoms with Gasteiger partial charge in [-0.05, 0) is 19.1 Å². The predicted octanol–water partition coefficient (Wildman–Crippen LogP) is 2.06. The molecule has 1 aliphatic heterocycles. The van der Waals surface area contributed by atoms with E-state index in [1.54, 1.807) is 24.6 Å². The van der Waals surface area contributed by atoms with Crippen molar-refractivity contribution in [2.24, 2.45) is 5.92 Å². The fourth-order valence-corrected chi connectivity index (χ4v) is 4.01. The molecule has 1 aromatic carbocycles. The van der Waals surface area contributed by atoms with Gasteiger partial charge in [-0.2, -0.15) is 0 Å². The van der Waals surface area contributed by atoms with Crippen LogP contribution in [0.5, 0.6) is 5.75 Å². The maximum Gasteiger partial charge on any atom is 0.226 e. The Bertz CT molecular complexity index is 929. The number of amides is 1. The van der Waals surface area contributed by atoms with Gasteiger partial charge in [-0.1, -0.05) is 11.3 Å². The van der Waals surface area contributed by atoms with Crippen LogP contribution in [0.1, 0.15) is 5.82 Å². The van der Waals surface area contributed by atoms with Crippen LogP contribution in [0, 0.1) is 12.8 Å². The van der Waals surface area contributed by atoms with Gasteiger partial charge < -0.3 is 19.5 Å². The lowest BCUT2D eigenvalue weighted by atomic mass is 10.0. The van der Waals surface area contributed by atoms with E-state index in [0.29, 0.717) is 19.6 Å². The summed E-state index contributed by atoms with van der Waals surface area (Å²) in [5, 5.41) is 3.98. The third-order valence-corrected chi connectivity index (χ3v) is 5.78. The lowest BCUT2D eigenvalue weighted by molar-refractivity contribution is -0.125. The molecule has 0 bridgehead atoms. The van der Waals surface area contributed by atoms with E-state index in [2.05, 4.69) is 20.2 Å². The molecule has 4 rings (SSSR count). The summed E-state index contributed by atoms with van der Waals surface area (Å²) in [6.07, 6.45) is 3.70. The Morgan fingerprint density at radius 1 is 1.42 bits per heavy atom. The lowest BCUT2D eigenvalue weighted by Crippen LogP contribution is -2.54. The minimum Gasteiger partial charge on any atom is -0.497 e. The van der Waals surface area contributed by atoms with Crippen molar-refractivity contribution in [2.75, 3.05) is 31.6 Å². The second-order valence-corrected chi connectivity index (χ2v) is 7.40. The van der Waals surface area contributed by atoms with E-state index in [-0.39, 0.29) is 11.8 Å². The first-order valence-electron chi connectivity index (χ1n) is 8.59. The number of aryl methyl sites for hydroxylation is 1. The highest BCUT2D eigenvalue weighted by Crippen LogP contribution is 2.34. The molecule has 7 nitrogen and oxygen atoms in total. The topological polar surface area (TPSA) is 72.3 Å². The Morgan fingerprint density at radius 3 is 3.00 bits per heavy atom. The van der Waals surface area contributed by atoms with Gasteiger partial charge in [-0.15, -0.1) is 0 Å². The summed E-state index contributed by atoms with van der Waals surface area (Å²) in [6.45, 7) is 4.75. The molecule has 0 saturated carbocycles. The van der Waals surface area contributed by atoms with Gasteiger partial charge >= 0.3 is 0 Å². The first-order chi connectivity index (χ1) is 12.6. The van der Waals surface area contributed by atoms with E-state index in [1.165, 1.54) is 0 Å². The number of fused-ring (bicyclic) bond motifs is 1. The smallest absolute Gasteiger partial charge is 0.226 e. The van der Waals surface area contributed by atoms with E-state index < -0.39 is 0 Å². The lowest BCUT2D eigenvalue weighted by Gasteiger charge is -2.37. The zero-order valence-corrected chi connectivity index (χ0v) is 15.6. The molecule has 1 amide bonds. The molecule has 0 radical (unpaired) electrons. The number of methoxy groups -OCH3 is 1. The maximum atomic E-state index is 12.3. The molecular weight excluding hydrogens is 350 g/mol. The fraction of sp³-hybridized carbons (Fsp3) is 0.389. The van der Waals surface area contributed by atoms with Crippen LogP contribution >= 0.6 is 11.3 Å². The summed E-state index contributed by atoms with van der Waals surface area (Å²) in [5.41, 5.74) is 0.938. The minimum absolute atomic E-state index is 0.0282. The molecule has 1 N–H and O–H groups in total. The van der Waals surface area contributed by atoms with Crippen molar-refractivity contribution < 1.29 is 9.53 Å². The Labute approximate surface area is 155 Å². The molecule has 1 saturated heterocycles. The Morgan fingerprint density at radius 2 is 2.27 bits per heavy atom. The number of aromatic nitrogens is 3. The van der Waals surface area contributed by atoms with Gasteiger partial charge in [-0.25, -0.2) is 9.97 Å². The number of thiazole rings is 1. The minimum atomic E-state index is 0.0282. The molecule has 3 heterocycles. The van der Waals surface area contributed by atoms with Gasteiger partial charge in [0.15, 0.2) is 5.13 Å². The van der Waals surface area contributed by atoms with Crippen LogP contribution < -0.4 is 15.0 Å². The molecule has 0 unspecified atom stereocenters. The number of carbonyl (C=O) groups excluding carboxylic acids is 1. The van der Waals surface area contributed by atoms with Gasteiger partial charge in [0, 0.05) is 44.6 Å². The molecular formula is C18H21N5O2S. The second kappa shape index (κ2) is 6.95. The zero-order valence-electron chi connectivity index (χ0n) is 14.8. The van der Waals surface area contributed by atoms with Crippen LogP contribution in [-0.4, -0.2) is 47.2 Å². The highest BCUT2D eigenvalue weighted by Gasteiger charge is 2.34. The number of carbonyl (C=O) groups is 1. The summed E-state index contributed by atoms with van der Waals surface area (Å²) < 4.78 is 8.40. The van der Waals surface area contributed by atoms with Crippen LogP contribution in [0.2, 0.25) is 0 Å². The van der Waals surface area contributed by atoms with Crippen LogP contribution in [-0.2, 0) is 11.3 Å². The molecule has 0 aliphatic carbocycles. The van der Waals surface area contributed by atoms with Crippen molar-refractivity contribution in [1.29, 1.82) is 0 Å². The van der Waals surface area contributed by atoms with Crippen molar-refractivity contribution >= 4 is 32.6 Å².